The maximum atomic E-state index is 13.3. The average molecular weight is 271 g/mol. The fraction of sp³-hybridized carbons (Fsp3) is 0.294. The lowest BCUT2D eigenvalue weighted by Crippen LogP contribution is -2.30. The van der Waals surface area contributed by atoms with Crippen molar-refractivity contribution in [3.05, 3.63) is 65.0 Å². The van der Waals surface area contributed by atoms with Crippen molar-refractivity contribution >= 4 is 0 Å². The quantitative estimate of drug-likeness (QED) is 0.924. The lowest BCUT2D eigenvalue weighted by molar-refractivity contribution is 0.171. The summed E-state index contributed by atoms with van der Waals surface area (Å²) in [5.74, 6) is 0.527. The molecule has 2 aromatic rings. The molecule has 1 N–H and O–H groups in total. The van der Waals surface area contributed by atoms with E-state index in [1.807, 2.05) is 13.1 Å². The molecule has 2 nitrogen and oxygen atoms in total. The van der Waals surface area contributed by atoms with Crippen LogP contribution in [0.25, 0.3) is 0 Å². The second kappa shape index (κ2) is 5.25. The summed E-state index contributed by atoms with van der Waals surface area (Å²) >= 11 is 0. The zero-order valence-corrected chi connectivity index (χ0v) is 11.7. The van der Waals surface area contributed by atoms with Crippen molar-refractivity contribution in [1.29, 1.82) is 0 Å². The van der Waals surface area contributed by atoms with Gasteiger partial charge in [-0.05, 0) is 48.9 Å². The molecule has 0 aromatic heterocycles. The maximum absolute atomic E-state index is 13.3. The molecular weight excluding hydrogens is 253 g/mol. The van der Waals surface area contributed by atoms with Crippen LogP contribution in [0.2, 0.25) is 0 Å². The van der Waals surface area contributed by atoms with Crippen molar-refractivity contribution in [2.45, 2.75) is 25.5 Å². The third-order valence-corrected chi connectivity index (χ3v) is 3.91. The molecule has 0 heterocycles. The van der Waals surface area contributed by atoms with Gasteiger partial charge in [0.1, 0.15) is 17.7 Å². The minimum absolute atomic E-state index is 0.0438. The molecule has 2 aromatic carbocycles. The van der Waals surface area contributed by atoms with Gasteiger partial charge in [0.05, 0.1) is 6.04 Å². The Labute approximate surface area is 118 Å². The number of hydrogen-bond donors (Lipinski definition) is 1. The number of nitrogens with one attached hydrogen (secondary N) is 1. The molecule has 0 bridgehead atoms. The van der Waals surface area contributed by atoms with Gasteiger partial charge in [0.15, 0.2) is 0 Å². The Bertz CT molecular complexity index is 626. The summed E-state index contributed by atoms with van der Waals surface area (Å²) in [6, 6.07) is 13.5. The molecule has 0 spiro atoms. The van der Waals surface area contributed by atoms with Gasteiger partial charge in [-0.15, -0.1) is 0 Å². The highest BCUT2D eigenvalue weighted by molar-refractivity contribution is 5.38. The Hall–Kier alpha value is -1.87. The van der Waals surface area contributed by atoms with Crippen LogP contribution in [0.1, 0.15) is 22.7 Å². The minimum Gasteiger partial charge on any atom is -0.488 e. The number of halogens is 1. The van der Waals surface area contributed by atoms with E-state index in [2.05, 4.69) is 23.5 Å². The number of fused-ring (bicyclic) bond motifs is 1. The molecule has 104 valence electrons. The fourth-order valence-electron chi connectivity index (χ4n) is 2.87. The standard InChI is InChI=1S/C17H18FNO/c1-11-9-13(7-8-15(11)18)20-16-10-12-5-3-4-6-14(12)17(16)19-2/h3-9,16-17,19H,10H2,1-2H3. The predicted molar refractivity (Wildman–Crippen MR) is 77.5 cm³/mol. The molecule has 2 unspecified atom stereocenters. The molecule has 3 rings (SSSR count). The number of likely N-dealkylation sites (N-methyl/N-ethyl adjacent to an activating group) is 1. The Morgan fingerprint density at radius 2 is 2.00 bits per heavy atom. The van der Waals surface area contributed by atoms with E-state index in [1.54, 1.807) is 19.1 Å². The monoisotopic (exact) mass is 271 g/mol. The fourth-order valence-corrected chi connectivity index (χ4v) is 2.87. The summed E-state index contributed by atoms with van der Waals surface area (Å²) < 4.78 is 19.4. The van der Waals surface area contributed by atoms with Crippen molar-refractivity contribution in [3.63, 3.8) is 0 Å². The predicted octanol–water partition coefficient (Wildman–Crippen LogP) is 3.40. The van der Waals surface area contributed by atoms with E-state index in [4.69, 9.17) is 4.74 Å². The summed E-state index contributed by atoms with van der Waals surface area (Å²) in [5.41, 5.74) is 3.22. The van der Waals surface area contributed by atoms with E-state index in [9.17, 15) is 4.39 Å². The highest BCUT2D eigenvalue weighted by Gasteiger charge is 2.32. The van der Waals surface area contributed by atoms with Crippen molar-refractivity contribution in [3.8, 4) is 5.75 Å². The molecule has 0 fully saturated rings. The summed E-state index contributed by atoms with van der Waals surface area (Å²) in [4.78, 5) is 0. The highest BCUT2D eigenvalue weighted by Crippen LogP contribution is 2.34. The first-order valence-electron chi connectivity index (χ1n) is 6.87. The second-order valence-electron chi connectivity index (χ2n) is 5.24. The van der Waals surface area contributed by atoms with Crippen LogP contribution in [-0.4, -0.2) is 13.2 Å². The summed E-state index contributed by atoms with van der Waals surface area (Å²) in [6.07, 6.45) is 0.917. The van der Waals surface area contributed by atoms with Gasteiger partial charge in [-0.3, -0.25) is 0 Å². The third kappa shape index (κ3) is 2.29. The molecule has 3 heteroatoms. The molecule has 0 radical (unpaired) electrons. The number of ether oxygens (including phenoxy) is 1. The van der Waals surface area contributed by atoms with E-state index in [0.717, 1.165) is 12.2 Å². The Balaban J connectivity index is 1.83. The van der Waals surface area contributed by atoms with Crippen LogP contribution in [0.3, 0.4) is 0 Å². The molecule has 0 saturated heterocycles. The average Bonchev–Trinajstić information content (AvgIpc) is 2.80. The minimum atomic E-state index is -0.197. The first-order valence-corrected chi connectivity index (χ1v) is 6.87. The number of rotatable bonds is 3. The van der Waals surface area contributed by atoms with E-state index in [0.29, 0.717) is 5.56 Å². The molecule has 2 atom stereocenters. The second-order valence-corrected chi connectivity index (χ2v) is 5.24. The molecule has 0 saturated carbocycles. The molecular formula is C17H18FNO. The van der Waals surface area contributed by atoms with Crippen LogP contribution in [0, 0.1) is 12.7 Å². The van der Waals surface area contributed by atoms with Crippen LogP contribution in [0.5, 0.6) is 5.75 Å². The number of hydrogen-bond acceptors (Lipinski definition) is 2. The third-order valence-electron chi connectivity index (χ3n) is 3.91. The van der Waals surface area contributed by atoms with Gasteiger partial charge < -0.3 is 10.1 Å². The SMILES string of the molecule is CNC1c2ccccc2CC1Oc1ccc(F)c(C)c1. The van der Waals surface area contributed by atoms with Crippen LogP contribution in [0.15, 0.2) is 42.5 Å². The zero-order chi connectivity index (χ0) is 14.1. The molecule has 0 amide bonds. The Kier molecular flexibility index (Phi) is 3.45. The van der Waals surface area contributed by atoms with Crippen molar-refractivity contribution < 1.29 is 9.13 Å². The first kappa shape index (κ1) is 13.1. The largest absolute Gasteiger partial charge is 0.488 e. The van der Waals surface area contributed by atoms with Gasteiger partial charge in [-0.25, -0.2) is 4.39 Å². The Morgan fingerprint density at radius 3 is 2.75 bits per heavy atom. The van der Waals surface area contributed by atoms with E-state index < -0.39 is 0 Å². The smallest absolute Gasteiger partial charge is 0.126 e. The molecule has 20 heavy (non-hydrogen) atoms. The zero-order valence-electron chi connectivity index (χ0n) is 11.7. The van der Waals surface area contributed by atoms with Gasteiger partial charge in [0.25, 0.3) is 0 Å². The normalized spacial score (nSPS) is 20.8. The van der Waals surface area contributed by atoms with Gasteiger partial charge in [0.2, 0.25) is 0 Å². The Morgan fingerprint density at radius 1 is 1.20 bits per heavy atom. The maximum Gasteiger partial charge on any atom is 0.126 e. The summed E-state index contributed by atoms with van der Waals surface area (Å²) in [6.45, 7) is 1.75. The van der Waals surface area contributed by atoms with Gasteiger partial charge >= 0.3 is 0 Å². The van der Waals surface area contributed by atoms with Crippen LogP contribution >= 0.6 is 0 Å². The van der Waals surface area contributed by atoms with Crippen LogP contribution < -0.4 is 10.1 Å². The van der Waals surface area contributed by atoms with E-state index >= 15 is 0 Å². The lowest BCUT2D eigenvalue weighted by Gasteiger charge is -2.21. The lowest BCUT2D eigenvalue weighted by atomic mass is 10.1. The van der Waals surface area contributed by atoms with E-state index in [1.165, 1.54) is 17.2 Å². The van der Waals surface area contributed by atoms with Gasteiger partial charge in [-0.1, -0.05) is 24.3 Å². The van der Waals surface area contributed by atoms with Gasteiger partial charge in [0, 0.05) is 6.42 Å². The summed E-state index contributed by atoms with van der Waals surface area (Å²) in [7, 11) is 1.94. The van der Waals surface area contributed by atoms with Crippen molar-refractivity contribution in [2.24, 2.45) is 0 Å². The first-order chi connectivity index (χ1) is 9.69. The van der Waals surface area contributed by atoms with E-state index in [-0.39, 0.29) is 18.0 Å². The summed E-state index contributed by atoms with van der Waals surface area (Å²) in [5, 5.41) is 3.32. The van der Waals surface area contributed by atoms with Crippen LogP contribution in [0.4, 0.5) is 4.39 Å². The van der Waals surface area contributed by atoms with Crippen molar-refractivity contribution in [2.75, 3.05) is 7.05 Å². The highest BCUT2D eigenvalue weighted by atomic mass is 19.1. The number of benzene rings is 2. The topological polar surface area (TPSA) is 21.3 Å². The molecule has 1 aliphatic rings. The molecule has 1 aliphatic carbocycles. The van der Waals surface area contributed by atoms with Crippen LogP contribution in [-0.2, 0) is 6.42 Å². The molecule has 0 aliphatic heterocycles. The van der Waals surface area contributed by atoms with Crippen molar-refractivity contribution in [1.82, 2.24) is 5.32 Å². The number of aryl methyl sites for hydroxylation is 1. The van der Waals surface area contributed by atoms with Gasteiger partial charge in [-0.2, -0.15) is 0 Å².